The second-order valence-electron chi connectivity index (χ2n) is 5.35. The summed E-state index contributed by atoms with van der Waals surface area (Å²) in [5.41, 5.74) is 3.94. The molecule has 1 aliphatic heterocycles. The summed E-state index contributed by atoms with van der Waals surface area (Å²) in [5.74, 6) is 2.73. The molecule has 0 atom stereocenters. The summed E-state index contributed by atoms with van der Waals surface area (Å²) >= 11 is 0. The molecule has 0 saturated carbocycles. The number of aromatic nitrogens is 1. The number of aromatic amines is 1. The minimum Gasteiger partial charge on any atom is -0.350 e. The predicted molar refractivity (Wildman–Crippen MR) is 88.3 cm³/mol. The zero-order valence-electron chi connectivity index (χ0n) is 11.4. The predicted octanol–water partition coefficient (Wildman–Crippen LogP) is 4.61. The van der Waals surface area contributed by atoms with Gasteiger partial charge in [-0.2, -0.15) is 0 Å². The van der Waals surface area contributed by atoms with Gasteiger partial charge in [-0.25, -0.2) is 0 Å². The van der Waals surface area contributed by atoms with Crippen molar-refractivity contribution >= 4 is 21.8 Å². The Morgan fingerprint density at radius 3 is 2.30 bits per heavy atom. The van der Waals surface area contributed by atoms with E-state index in [2.05, 4.69) is 59.6 Å². The average Bonchev–Trinajstić information content (AvgIpc) is 3.14. The fourth-order valence-corrected chi connectivity index (χ4v) is 5.75. The molecule has 1 nitrogen and oxygen atoms in total. The highest BCUT2D eigenvalue weighted by Crippen LogP contribution is 2.37. The number of hydrogen-bond acceptors (Lipinski definition) is 0. The highest BCUT2D eigenvalue weighted by molar-refractivity contribution is 7.97. The number of nitrogens with one attached hydrogen (secondary N) is 1. The third-order valence-electron chi connectivity index (χ3n) is 4.04. The molecule has 4 rings (SSSR count). The lowest BCUT2D eigenvalue weighted by Crippen LogP contribution is -2.04. The fraction of sp³-hybridized carbons (Fsp3) is 0.222. The van der Waals surface area contributed by atoms with E-state index in [1.807, 2.05) is 0 Å². The van der Waals surface area contributed by atoms with Crippen LogP contribution in [0.2, 0.25) is 0 Å². The molecule has 2 heteroatoms. The molecule has 0 spiro atoms. The molecule has 0 aliphatic carbocycles. The lowest BCUT2D eigenvalue weighted by atomic mass is 10.1. The zero-order chi connectivity index (χ0) is 13.4. The van der Waals surface area contributed by atoms with Crippen molar-refractivity contribution in [2.75, 3.05) is 11.5 Å². The van der Waals surface area contributed by atoms with Gasteiger partial charge in [0.15, 0.2) is 4.90 Å². The van der Waals surface area contributed by atoms with Gasteiger partial charge in [0.1, 0.15) is 17.2 Å². The van der Waals surface area contributed by atoms with Crippen molar-refractivity contribution in [2.45, 2.75) is 17.7 Å². The summed E-state index contributed by atoms with van der Waals surface area (Å²) < 4.78 is 0. The van der Waals surface area contributed by atoms with Gasteiger partial charge in [0.25, 0.3) is 0 Å². The molecule has 1 N–H and O–H groups in total. The van der Waals surface area contributed by atoms with E-state index in [4.69, 9.17) is 0 Å². The molecule has 0 bridgehead atoms. The van der Waals surface area contributed by atoms with Crippen LogP contribution in [0.3, 0.4) is 0 Å². The van der Waals surface area contributed by atoms with E-state index >= 15 is 0 Å². The topological polar surface area (TPSA) is 15.8 Å². The van der Waals surface area contributed by atoms with E-state index in [0.717, 1.165) is 0 Å². The number of para-hydroxylation sites is 1. The van der Waals surface area contributed by atoms with Gasteiger partial charge in [0, 0.05) is 16.5 Å². The molecule has 0 radical (unpaired) electrons. The van der Waals surface area contributed by atoms with Gasteiger partial charge < -0.3 is 4.98 Å². The van der Waals surface area contributed by atoms with Crippen LogP contribution in [0.4, 0.5) is 0 Å². The van der Waals surface area contributed by atoms with E-state index in [-0.39, 0.29) is 0 Å². The van der Waals surface area contributed by atoms with Crippen LogP contribution < -0.4 is 0 Å². The van der Waals surface area contributed by atoms with Crippen molar-refractivity contribution in [3.8, 4) is 11.3 Å². The molecule has 2 aromatic carbocycles. The Morgan fingerprint density at radius 2 is 1.50 bits per heavy atom. The van der Waals surface area contributed by atoms with E-state index in [9.17, 15) is 0 Å². The number of rotatable bonds is 2. The van der Waals surface area contributed by atoms with Gasteiger partial charge in [-0.1, -0.05) is 42.5 Å². The lowest BCUT2D eigenvalue weighted by molar-refractivity contribution is 0.949. The molecule has 1 aliphatic rings. The van der Waals surface area contributed by atoms with E-state index in [0.29, 0.717) is 10.9 Å². The van der Waals surface area contributed by atoms with Gasteiger partial charge in [0.2, 0.25) is 0 Å². The highest BCUT2D eigenvalue weighted by atomic mass is 32.2. The molecule has 100 valence electrons. The summed E-state index contributed by atoms with van der Waals surface area (Å²) in [4.78, 5) is 5.24. The number of hydrogen-bond donors (Lipinski definition) is 1. The largest absolute Gasteiger partial charge is 0.350 e. The van der Waals surface area contributed by atoms with Crippen molar-refractivity contribution < 1.29 is 0 Å². The van der Waals surface area contributed by atoms with Gasteiger partial charge in [0.05, 0.1) is 10.9 Å². The maximum absolute atomic E-state index is 3.66. The summed E-state index contributed by atoms with van der Waals surface area (Å²) in [6, 6.07) is 19.5. The quantitative estimate of drug-likeness (QED) is 0.660. The number of benzene rings is 2. The maximum atomic E-state index is 3.66. The first-order chi connectivity index (χ1) is 9.93. The Labute approximate surface area is 122 Å². The van der Waals surface area contributed by atoms with Crippen LogP contribution in [0.5, 0.6) is 0 Å². The van der Waals surface area contributed by atoms with Crippen LogP contribution in [-0.4, -0.2) is 16.5 Å². The molecule has 0 unspecified atom stereocenters. The first-order valence-corrected chi connectivity index (χ1v) is 8.83. The Hall–Kier alpha value is -1.67. The summed E-state index contributed by atoms with van der Waals surface area (Å²) in [6.45, 7) is 0. The zero-order valence-corrected chi connectivity index (χ0v) is 12.2. The highest BCUT2D eigenvalue weighted by Gasteiger charge is 2.33. The molecule has 1 aromatic heterocycles. The Bertz CT molecular complexity index is 724. The smallest absolute Gasteiger partial charge is 0.188 e. The molecular weight excluding hydrogens is 262 g/mol. The van der Waals surface area contributed by atoms with Gasteiger partial charge in [-0.05, 0) is 25.0 Å². The molecule has 3 aromatic rings. The summed E-state index contributed by atoms with van der Waals surface area (Å²) in [7, 11) is 0.423. The molecule has 1 saturated heterocycles. The van der Waals surface area contributed by atoms with E-state index in [1.54, 1.807) is 4.90 Å². The van der Waals surface area contributed by atoms with Crippen molar-refractivity contribution in [2.24, 2.45) is 0 Å². The normalized spacial score (nSPS) is 16.0. The fourth-order valence-electron chi connectivity index (χ4n) is 3.08. The Kier molecular flexibility index (Phi) is 3.04. The molecule has 2 heterocycles. The van der Waals surface area contributed by atoms with Crippen LogP contribution in [0.1, 0.15) is 12.8 Å². The van der Waals surface area contributed by atoms with Crippen LogP contribution in [-0.2, 0) is 10.9 Å². The molecule has 1 fully saturated rings. The SMILES string of the molecule is c1ccc(-c2[nH]c3ccccc3c2[S+]2CCCC2)cc1. The van der Waals surface area contributed by atoms with Crippen LogP contribution in [0, 0.1) is 0 Å². The molecule has 20 heavy (non-hydrogen) atoms. The summed E-state index contributed by atoms with van der Waals surface area (Å²) in [5, 5.41) is 1.43. The summed E-state index contributed by atoms with van der Waals surface area (Å²) in [6.07, 6.45) is 2.77. The van der Waals surface area contributed by atoms with E-state index in [1.165, 1.54) is 46.5 Å². The van der Waals surface area contributed by atoms with E-state index < -0.39 is 0 Å². The van der Waals surface area contributed by atoms with Crippen LogP contribution in [0.15, 0.2) is 59.5 Å². The van der Waals surface area contributed by atoms with Crippen LogP contribution >= 0.6 is 0 Å². The molecule has 0 amide bonds. The van der Waals surface area contributed by atoms with Crippen molar-refractivity contribution in [1.82, 2.24) is 4.98 Å². The maximum Gasteiger partial charge on any atom is 0.188 e. The van der Waals surface area contributed by atoms with Gasteiger partial charge in [-0.15, -0.1) is 0 Å². The molecular formula is C18H18NS+. The second-order valence-corrected chi connectivity index (χ2v) is 7.56. The minimum absolute atomic E-state index is 0.423. The standard InChI is InChI=1S/C18H18NS/c1-2-8-14(9-3-1)17-18(20-12-6-7-13-20)15-10-4-5-11-16(15)19-17/h1-5,8-11,19H,6-7,12-13H2/q+1. The number of fused-ring (bicyclic) bond motifs is 1. The minimum atomic E-state index is 0.423. The van der Waals surface area contributed by atoms with Crippen molar-refractivity contribution in [1.29, 1.82) is 0 Å². The lowest BCUT2D eigenvalue weighted by Gasteiger charge is -2.03. The van der Waals surface area contributed by atoms with Crippen LogP contribution in [0.25, 0.3) is 22.2 Å². The first-order valence-electron chi connectivity index (χ1n) is 7.27. The number of H-pyrrole nitrogens is 1. The van der Waals surface area contributed by atoms with Crippen molar-refractivity contribution in [3.63, 3.8) is 0 Å². The Balaban J connectivity index is 1.97. The van der Waals surface area contributed by atoms with Crippen molar-refractivity contribution in [3.05, 3.63) is 54.6 Å². The third kappa shape index (κ3) is 1.95. The monoisotopic (exact) mass is 280 g/mol. The third-order valence-corrected chi connectivity index (χ3v) is 6.61. The first kappa shape index (κ1) is 12.1. The Morgan fingerprint density at radius 1 is 0.800 bits per heavy atom. The van der Waals surface area contributed by atoms with Gasteiger partial charge >= 0.3 is 0 Å². The van der Waals surface area contributed by atoms with Gasteiger partial charge in [-0.3, -0.25) is 0 Å². The second kappa shape index (κ2) is 5.02. The average molecular weight is 280 g/mol.